The van der Waals surface area contributed by atoms with Crippen LogP contribution in [0.15, 0.2) is 24.3 Å². The van der Waals surface area contributed by atoms with Gasteiger partial charge in [0.15, 0.2) is 0 Å². The lowest BCUT2D eigenvalue weighted by Crippen LogP contribution is -2.69. The highest BCUT2D eigenvalue weighted by atomic mass is 35.5. The number of alkyl halides is 11. The Bertz CT molecular complexity index is 631. The molecule has 25 heavy (non-hydrogen) atoms. The topological polar surface area (TPSA) is 17.1 Å². The zero-order valence-corrected chi connectivity index (χ0v) is 12.0. The van der Waals surface area contributed by atoms with Gasteiger partial charge in [-0.25, -0.2) is 4.39 Å². The third-order valence-corrected chi connectivity index (χ3v) is 3.30. The minimum absolute atomic E-state index is 0.0727. The fourth-order valence-corrected chi connectivity index (χ4v) is 1.85. The van der Waals surface area contributed by atoms with Crippen molar-refractivity contribution in [1.29, 1.82) is 0 Å². The predicted octanol–water partition coefficient (Wildman–Crippen LogP) is 5.63. The van der Waals surface area contributed by atoms with Gasteiger partial charge in [0, 0.05) is 11.1 Å². The summed E-state index contributed by atoms with van der Waals surface area (Å²) in [5.41, 5.74) is -10.2. The first-order chi connectivity index (χ1) is 10.9. The van der Waals surface area contributed by atoms with E-state index in [2.05, 4.69) is 0 Å². The number of rotatable bonds is 4. The molecule has 0 aliphatic carbocycles. The highest BCUT2D eigenvalue weighted by Crippen LogP contribution is 2.61. The van der Waals surface area contributed by atoms with Gasteiger partial charge in [-0.05, 0) is 23.7 Å². The van der Waals surface area contributed by atoms with Crippen molar-refractivity contribution < 1.29 is 53.1 Å². The summed E-state index contributed by atoms with van der Waals surface area (Å²) in [5, 5.41) is -1.27. The van der Waals surface area contributed by atoms with Crippen LogP contribution < -0.4 is 0 Å². The molecule has 0 atom stereocenters. The molecule has 0 radical (unpaired) electrons. The van der Waals surface area contributed by atoms with Crippen LogP contribution in [-0.2, 0) is 5.92 Å². The Hall–Kier alpha value is -1.59. The van der Waals surface area contributed by atoms with Gasteiger partial charge in [0.1, 0.15) is 0 Å². The van der Waals surface area contributed by atoms with E-state index in [9.17, 15) is 53.1 Å². The molecular weight excluding hydrogens is 405 g/mol. The molecule has 0 saturated carbocycles. The quantitative estimate of drug-likeness (QED) is 0.466. The third kappa shape index (κ3) is 3.15. The van der Waals surface area contributed by atoms with E-state index in [1.807, 2.05) is 0 Å². The molecule has 0 aliphatic rings. The summed E-state index contributed by atoms with van der Waals surface area (Å²) in [6, 6.07) is 0.541. The van der Waals surface area contributed by atoms with Crippen LogP contribution in [0.3, 0.4) is 0 Å². The van der Waals surface area contributed by atoms with Gasteiger partial charge in [-0.2, -0.15) is 43.9 Å². The molecule has 1 aromatic carbocycles. The molecule has 0 saturated heterocycles. The number of benzene rings is 1. The summed E-state index contributed by atoms with van der Waals surface area (Å²) in [6.07, 6.45) is -14.8. The Labute approximate surface area is 136 Å². The predicted molar refractivity (Wildman–Crippen MR) is 61.4 cm³/mol. The van der Waals surface area contributed by atoms with Crippen molar-refractivity contribution in [2.45, 2.75) is 29.9 Å². The van der Waals surface area contributed by atoms with E-state index < -0.39 is 46.2 Å². The highest BCUT2D eigenvalue weighted by molar-refractivity contribution is 6.67. The number of hydrogen-bond donors (Lipinski definition) is 0. The minimum Gasteiger partial charge on any atom is -0.276 e. The molecule has 0 aromatic heterocycles. The van der Waals surface area contributed by atoms with Crippen molar-refractivity contribution in [3.8, 4) is 0 Å². The summed E-state index contributed by atoms with van der Waals surface area (Å²) in [6.45, 7) is 0. The largest absolute Gasteiger partial charge is 0.438 e. The molecule has 0 fully saturated rings. The summed E-state index contributed by atoms with van der Waals surface area (Å²) in [4.78, 5) is 10.7. The second kappa shape index (κ2) is 5.99. The van der Waals surface area contributed by atoms with Crippen LogP contribution in [-0.4, -0.2) is 29.2 Å². The maximum atomic E-state index is 13.7. The summed E-state index contributed by atoms with van der Waals surface area (Å²) >= 11 is 4.92. The molecule has 0 heterocycles. The lowest BCUT2D eigenvalue weighted by Gasteiger charge is -2.39. The highest BCUT2D eigenvalue weighted by Gasteiger charge is 2.90. The van der Waals surface area contributed by atoms with E-state index in [1.54, 1.807) is 0 Å². The van der Waals surface area contributed by atoms with E-state index in [4.69, 9.17) is 11.6 Å². The van der Waals surface area contributed by atoms with Gasteiger partial charge >= 0.3 is 29.9 Å². The van der Waals surface area contributed by atoms with Crippen LogP contribution in [0.5, 0.6) is 0 Å². The monoisotopic (exact) mass is 408 g/mol. The second-order valence-corrected chi connectivity index (χ2v) is 5.00. The zero-order valence-electron chi connectivity index (χ0n) is 11.3. The second-order valence-electron chi connectivity index (χ2n) is 4.65. The van der Waals surface area contributed by atoms with Gasteiger partial charge in [0.25, 0.3) is 5.24 Å². The maximum absolute atomic E-state index is 13.7. The number of halogens is 12. The Morgan fingerprint density at radius 1 is 0.720 bits per heavy atom. The third-order valence-electron chi connectivity index (χ3n) is 3.08. The zero-order chi connectivity index (χ0) is 20.1. The maximum Gasteiger partial charge on any atom is 0.438 e. The average molecular weight is 409 g/mol. The van der Waals surface area contributed by atoms with E-state index >= 15 is 0 Å². The molecule has 0 unspecified atom stereocenters. The smallest absolute Gasteiger partial charge is 0.276 e. The van der Waals surface area contributed by atoms with Gasteiger partial charge in [-0.15, -0.1) is 0 Å². The van der Waals surface area contributed by atoms with Crippen LogP contribution in [0.4, 0.5) is 48.3 Å². The molecule has 13 heteroatoms. The van der Waals surface area contributed by atoms with Gasteiger partial charge in [0.2, 0.25) is 0 Å². The average Bonchev–Trinajstić information content (AvgIpc) is 2.43. The lowest BCUT2D eigenvalue weighted by atomic mass is 9.87. The SMILES string of the molecule is O=C(Cl)c1ccc(C(F)(F)C(F)(F)C(F)(C(F)(F)F)C(F)(F)F)cc1. The van der Waals surface area contributed by atoms with Gasteiger partial charge in [0.05, 0.1) is 0 Å². The minimum atomic E-state index is -7.53. The van der Waals surface area contributed by atoms with Crippen LogP contribution in [0.1, 0.15) is 15.9 Å². The standard InChI is InChI=1S/C12H4ClF11O/c13-7(25)5-1-3-6(4-2-5)8(14,15)10(17,18)9(16,11(19,20)21)12(22,23)24/h1-4H. The normalized spacial score (nSPS) is 14.6. The molecule has 0 amide bonds. The van der Waals surface area contributed by atoms with Gasteiger partial charge in [-0.1, -0.05) is 12.1 Å². The van der Waals surface area contributed by atoms with Crippen LogP contribution >= 0.6 is 11.6 Å². The Balaban J connectivity index is 3.58. The number of carbonyl (C=O) groups is 1. The summed E-state index contributed by atoms with van der Waals surface area (Å²) < 4.78 is 142. The first-order valence-corrected chi connectivity index (χ1v) is 6.17. The van der Waals surface area contributed by atoms with E-state index in [0.717, 1.165) is 0 Å². The molecule has 0 spiro atoms. The molecule has 1 aromatic rings. The van der Waals surface area contributed by atoms with E-state index in [0.29, 0.717) is 12.1 Å². The molecule has 142 valence electrons. The first-order valence-electron chi connectivity index (χ1n) is 5.79. The molecular formula is C12H4ClF11O. The molecule has 0 N–H and O–H groups in total. The first kappa shape index (κ1) is 21.5. The van der Waals surface area contributed by atoms with Crippen molar-refractivity contribution in [3.63, 3.8) is 0 Å². The Morgan fingerprint density at radius 2 is 1.08 bits per heavy atom. The van der Waals surface area contributed by atoms with Crippen molar-refractivity contribution in [3.05, 3.63) is 35.4 Å². The Morgan fingerprint density at radius 3 is 1.36 bits per heavy atom. The van der Waals surface area contributed by atoms with Gasteiger partial charge in [-0.3, -0.25) is 4.79 Å². The summed E-state index contributed by atoms with van der Waals surface area (Å²) in [5.74, 6) is -13.5. The molecule has 0 bridgehead atoms. The fourth-order valence-electron chi connectivity index (χ4n) is 1.72. The molecule has 1 rings (SSSR count). The van der Waals surface area contributed by atoms with Crippen molar-refractivity contribution >= 4 is 16.8 Å². The van der Waals surface area contributed by atoms with Crippen molar-refractivity contribution in [1.82, 2.24) is 0 Å². The lowest BCUT2D eigenvalue weighted by molar-refractivity contribution is -0.429. The van der Waals surface area contributed by atoms with E-state index in [-0.39, 0.29) is 12.1 Å². The van der Waals surface area contributed by atoms with Crippen molar-refractivity contribution in [2.75, 3.05) is 0 Å². The Kier molecular flexibility index (Phi) is 5.14. The van der Waals surface area contributed by atoms with Gasteiger partial charge < -0.3 is 0 Å². The molecule has 0 aliphatic heterocycles. The van der Waals surface area contributed by atoms with Crippen LogP contribution in [0.2, 0.25) is 0 Å². The number of hydrogen-bond acceptors (Lipinski definition) is 1. The van der Waals surface area contributed by atoms with Crippen LogP contribution in [0, 0.1) is 0 Å². The molecule has 1 nitrogen and oxygen atoms in total. The van der Waals surface area contributed by atoms with Crippen LogP contribution in [0.25, 0.3) is 0 Å². The van der Waals surface area contributed by atoms with Crippen molar-refractivity contribution in [2.24, 2.45) is 0 Å². The number of carbonyl (C=O) groups excluding carboxylic acids is 1. The summed E-state index contributed by atoms with van der Waals surface area (Å²) in [7, 11) is 0. The fraction of sp³-hybridized carbons (Fsp3) is 0.417. The van der Waals surface area contributed by atoms with E-state index in [1.165, 1.54) is 0 Å².